The van der Waals surface area contributed by atoms with Crippen molar-refractivity contribution in [2.75, 3.05) is 33.2 Å². The molecule has 0 spiro atoms. The van der Waals surface area contributed by atoms with Gasteiger partial charge in [0.25, 0.3) is 5.91 Å². The summed E-state index contributed by atoms with van der Waals surface area (Å²) in [5.41, 5.74) is 0. The van der Waals surface area contributed by atoms with Crippen LogP contribution in [0.15, 0.2) is 12.4 Å². The summed E-state index contributed by atoms with van der Waals surface area (Å²) in [6.45, 7) is 11.2. The Morgan fingerprint density at radius 1 is 1.29 bits per heavy atom. The predicted octanol–water partition coefficient (Wildman–Crippen LogP) is 1.80. The summed E-state index contributed by atoms with van der Waals surface area (Å²) in [7, 11) is 1.98. The molecular weight excluding hydrogens is 221 g/mol. The van der Waals surface area contributed by atoms with Crippen LogP contribution in [0.2, 0.25) is 0 Å². The number of carbonyl (C=O) groups excluding carboxylic acids is 1. The van der Waals surface area contributed by atoms with Crippen LogP contribution < -0.4 is 0 Å². The number of amides is 1. The van der Waals surface area contributed by atoms with E-state index in [-0.39, 0.29) is 0 Å². The highest BCUT2D eigenvalue weighted by Gasteiger charge is 2.20. The van der Waals surface area contributed by atoms with Gasteiger partial charge in [-0.1, -0.05) is 20.4 Å². The van der Waals surface area contributed by atoms with Crippen LogP contribution in [0.25, 0.3) is 0 Å². The monoisotopic (exact) mass is 243 g/mol. The van der Waals surface area contributed by atoms with E-state index < -0.39 is 11.7 Å². The highest BCUT2D eigenvalue weighted by molar-refractivity contribution is 5.90. The summed E-state index contributed by atoms with van der Waals surface area (Å²) in [4.78, 5) is 14.6. The van der Waals surface area contributed by atoms with Crippen LogP contribution in [0.3, 0.4) is 0 Å². The van der Waals surface area contributed by atoms with Crippen LogP contribution in [0.5, 0.6) is 0 Å². The van der Waals surface area contributed by atoms with Gasteiger partial charge in [0.05, 0.1) is 6.07 Å². The minimum Gasteiger partial charge on any atom is -0.334 e. The van der Waals surface area contributed by atoms with Crippen molar-refractivity contribution in [3.05, 3.63) is 12.4 Å². The Kier molecular flexibility index (Phi) is 11.7. The Balaban J connectivity index is 0. The molecule has 0 aliphatic carbocycles. The first-order valence-electron chi connectivity index (χ1n) is 5.66. The molecule has 0 aromatic carbocycles. The molecule has 0 N–H and O–H groups in total. The van der Waals surface area contributed by atoms with E-state index in [1.165, 1.54) is 11.8 Å². The van der Waals surface area contributed by atoms with Crippen molar-refractivity contribution in [2.45, 2.75) is 20.8 Å². The minimum atomic E-state index is -0.862. The molecule has 1 saturated heterocycles. The maximum absolute atomic E-state index is 12.4. The predicted molar refractivity (Wildman–Crippen MR) is 67.0 cm³/mol. The number of hydrogen-bond acceptors (Lipinski definition) is 3. The van der Waals surface area contributed by atoms with Gasteiger partial charge < -0.3 is 9.80 Å². The molecular formula is C12H22FN3O. The first-order valence-corrected chi connectivity index (χ1v) is 5.66. The summed E-state index contributed by atoms with van der Waals surface area (Å²) >= 11 is 0. The van der Waals surface area contributed by atoms with Gasteiger partial charge in [0.2, 0.25) is 0 Å². The topological polar surface area (TPSA) is 47.3 Å². The van der Waals surface area contributed by atoms with Crippen LogP contribution in [0.1, 0.15) is 20.8 Å². The minimum absolute atomic E-state index is 0.567. The Bertz CT molecular complexity index is 265. The number of carbonyl (C=O) groups is 1. The third kappa shape index (κ3) is 8.40. The molecule has 1 aliphatic rings. The van der Waals surface area contributed by atoms with Gasteiger partial charge in [-0.15, -0.1) is 0 Å². The second-order valence-electron chi connectivity index (χ2n) is 3.22. The maximum Gasteiger partial charge on any atom is 0.282 e. The molecule has 4 nitrogen and oxygen atoms in total. The van der Waals surface area contributed by atoms with Gasteiger partial charge in [-0.2, -0.15) is 5.26 Å². The molecule has 1 fully saturated rings. The highest BCUT2D eigenvalue weighted by atomic mass is 19.1. The Morgan fingerprint density at radius 3 is 1.94 bits per heavy atom. The van der Waals surface area contributed by atoms with E-state index in [9.17, 15) is 9.18 Å². The summed E-state index contributed by atoms with van der Waals surface area (Å²) in [6.07, 6.45) is 0. The van der Waals surface area contributed by atoms with Gasteiger partial charge in [-0.3, -0.25) is 4.79 Å². The zero-order valence-electron chi connectivity index (χ0n) is 11.2. The third-order valence-electron chi connectivity index (χ3n) is 2.02. The van der Waals surface area contributed by atoms with Gasteiger partial charge in [-0.05, 0) is 7.05 Å². The van der Waals surface area contributed by atoms with Gasteiger partial charge >= 0.3 is 0 Å². The second kappa shape index (κ2) is 11.1. The largest absolute Gasteiger partial charge is 0.334 e. The normalized spacial score (nSPS) is 14.5. The number of nitriles is 1. The quantitative estimate of drug-likeness (QED) is 0.660. The standard InChI is InChI=1S/C8H13FN2O.C2H3N.C2H6/c1-7(9)8(12)11-5-3-10(2)4-6-11;1-2-3;1-2/h1,3-6H2,2H3;1H3;1-2H3. The molecule has 0 aromatic rings. The van der Waals surface area contributed by atoms with Crippen molar-refractivity contribution < 1.29 is 9.18 Å². The fourth-order valence-electron chi connectivity index (χ4n) is 1.18. The van der Waals surface area contributed by atoms with E-state index >= 15 is 0 Å². The average molecular weight is 243 g/mol. The smallest absolute Gasteiger partial charge is 0.282 e. The number of hydrogen-bond donors (Lipinski definition) is 0. The number of nitrogens with zero attached hydrogens (tertiary/aromatic N) is 3. The molecule has 0 aromatic heterocycles. The van der Waals surface area contributed by atoms with E-state index in [4.69, 9.17) is 5.26 Å². The molecule has 1 aliphatic heterocycles. The van der Waals surface area contributed by atoms with Crippen LogP contribution in [-0.2, 0) is 4.79 Å². The fourth-order valence-corrected chi connectivity index (χ4v) is 1.18. The van der Waals surface area contributed by atoms with Gasteiger partial charge in [-0.25, -0.2) is 4.39 Å². The number of likely N-dealkylation sites (N-methyl/N-ethyl adjacent to an activating group) is 1. The van der Waals surface area contributed by atoms with Crippen molar-refractivity contribution in [3.63, 3.8) is 0 Å². The molecule has 98 valence electrons. The lowest BCUT2D eigenvalue weighted by Crippen LogP contribution is -2.47. The molecule has 1 rings (SSSR count). The SMILES string of the molecule is C=C(F)C(=O)N1CCN(C)CC1.CC.CC#N. The van der Waals surface area contributed by atoms with Crippen molar-refractivity contribution in [1.82, 2.24) is 9.80 Å². The molecule has 17 heavy (non-hydrogen) atoms. The van der Waals surface area contributed by atoms with Crippen LogP contribution in [0, 0.1) is 11.3 Å². The van der Waals surface area contributed by atoms with E-state index in [1.807, 2.05) is 20.9 Å². The molecule has 0 bridgehead atoms. The molecule has 5 heteroatoms. The second-order valence-corrected chi connectivity index (χ2v) is 3.22. The van der Waals surface area contributed by atoms with Crippen LogP contribution >= 0.6 is 0 Å². The summed E-state index contributed by atoms with van der Waals surface area (Å²) in [5.74, 6) is -1.43. The van der Waals surface area contributed by atoms with E-state index in [0.717, 1.165) is 13.1 Å². The summed E-state index contributed by atoms with van der Waals surface area (Å²) < 4.78 is 12.4. The number of rotatable bonds is 1. The first-order chi connectivity index (χ1) is 8.02. The molecule has 1 heterocycles. The molecule has 0 atom stereocenters. The van der Waals surface area contributed by atoms with E-state index in [1.54, 1.807) is 6.07 Å². The highest BCUT2D eigenvalue weighted by Crippen LogP contribution is 2.04. The molecule has 0 saturated carbocycles. The first kappa shape index (κ1) is 18.0. The van der Waals surface area contributed by atoms with Crippen molar-refractivity contribution >= 4 is 5.91 Å². The molecule has 0 unspecified atom stereocenters. The van der Waals surface area contributed by atoms with Crippen LogP contribution in [-0.4, -0.2) is 48.9 Å². The van der Waals surface area contributed by atoms with Gasteiger partial charge in [0, 0.05) is 33.1 Å². The maximum atomic E-state index is 12.4. The number of piperazine rings is 1. The number of halogens is 1. The zero-order chi connectivity index (χ0) is 13.8. The Labute approximate surface area is 103 Å². The summed E-state index contributed by atoms with van der Waals surface area (Å²) in [5, 5.41) is 7.32. The van der Waals surface area contributed by atoms with E-state index in [0.29, 0.717) is 13.1 Å². The lowest BCUT2D eigenvalue weighted by atomic mass is 10.3. The zero-order valence-corrected chi connectivity index (χ0v) is 11.2. The third-order valence-corrected chi connectivity index (χ3v) is 2.02. The van der Waals surface area contributed by atoms with Crippen LogP contribution in [0.4, 0.5) is 4.39 Å². The fraction of sp³-hybridized carbons (Fsp3) is 0.667. The van der Waals surface area contributed by atoms with Crippen molar-refractivity contribution in [2.24, 2.45) is 0 Å². The lowest BCUT2D eigenvalue weighted by molar-refractivity contribution is -0.130. The van der Waals surface area contributed by atoms with E-state index in [2.05, 4.69) is 11.5 Å². The molecule has 0 radical (unpaired) electrons. The Morgan fingerprint density at radius 2 is 1.65 bits per heavy atom. The molecule has 1 amide bonds. The van der Waals surface area contributed by atoms with Crippen molar-refractivity contribution in [3.8, 4) is 6.07 Å². The lowest BCUT2D eigenvalue weighted by Gasteiger charge is -2.31. The Hall–Kier alpha value is -1.41. The van der Waals surface area contributed by atoms with Gasteiger partial charge in [0.1, 0.15) is 0 Å². The average Bonchev–Trinajstić information content (AvgIpc) is 2.32. The van der Waals surface area contributed by atoms with Crippen molar-refractivity contribution in [1.29, 1.82) is 5.26 Å². The summed E-state index contributed by atoms with van der Waals surface area (Å²) in [6, 6.07) is 1.75. The van der Waals surface area contributed by atoms with Gasteiger partial charge in [0.15, 0.2) is 5.83 Å².